The highest BCUT2D eigenvalue weighted by molar-refractivity contribution is 9.10. The van der Waals surface area contributed by atoms with Crippen LogP contribution in [0.5, 0.6) is 0 Å². The number of likely N-dealkylation sites (tertiary alicyclic amines) is 1. The minimum Gasteiger partial charge on any atom is -0.375 e. The van der Waals surface area contributed by atoms with Crippen molar-refractivity contribution in [3.05, 3.63) is 28.2 Å². The molecule has 3 nitrogen and oxygen atoms in total. The number of carbonyl (C=O) groups excluding carboxylic acids is 1. The van der Waals surface area contributed by atoms with Crippen LogP contribution in [0, 0.1) is 6.92 Å². The van der Waals surface area contributed by atoms with E-state index < -0.39 is 0 Å². The van der Waals surface area contributed by atoms with Crippen molar-refractivity contribution in [2.45, 2.75) is 26.2 Å². The lowest BCUT2D eigenvalue weighted by Crippen LogP contribution is -2.39. The molecule has 0 spiro atoms. The lowest BCUT2D eigenvalue weighted by atomic mass is 10.1. The van der Waals surface area contributed by atoms with Gasteiger partial charge in [-0.25, -0.2) is 0 Å². The number of benzene rings is 1. The molecule has 2 rings (SSSR count). The molecule has 1 aromatic carbocycles. The monoisotopic (exact) mass is 310 g/mol. The molecule has 18 heavy (non-hydrogen) atoms. The van der Waals surface area contributed by atoms with Gasteiger partial charge in [-0.2, -0.15) is 0 Å². The van der Waals surface area contributed by atoms with E-state index in [4.69, 9.17) is 0 Å². The number of nitrogens with zero attached hydrogens (tertiary/aromatic N) is 1. The molecule has 1 aromatic rings. The molecule has 1 amide bonds. The Hall–Kier alpha value is -1.03. The zero-order valence-corrected chi connectivity index (χ0v) is 12.3. The van der Waals surface area contributed by atoms with E-state index >= 15 is 0 Å². The second-order valence-corrected chi connectivity index (χ2v) is 5.63. The van der Waals surface area contributed by atoms with E-state index in [0.717, 1.165) is 36.1 Å². The van der Waals surface area contributed by atoms with E-state index in [1.54, 1.807) is 0 Å². The summed E-state index contributed by atoms with van der Waals surface area (Å²) >= 11 is 3.51. The molecule has 0 aromatic heterocycles. The molecular formula is C14H19BrN2O. The Balaban J connectivity index is 1.88. The molecule has 1 aliphatic heterocycles. The number of hydrogen-bond donors (Lipinski definition) is 1. The van der Waals surface area contributed by atoms with Gasteiger partial charge in [0.25, 0.3) is 0 Å². The molecular weight excluding hydrogens is 292 g/mol. The first-order valence-electron chi connectivity index (χ1n) is 6.44. The van der Waals surface area contributed by atoms with Crippen molar-refractivity contribution in [2.24, 2.45) is 0 Å². The molecule has 1 saturated heterocycles. The van der Waals surface area contributed by atoms with Crippen molar-refractivity contribution in [1.82, 2.24) is 4.90 Å². The second kappa shape index (κ2) is 6.23. The minimum absolute atomic E-state index is 0.196. The third kappa shape index (κ3) is 3.48. The Morgan fingerprint density at radius 1 is 1.33 bits per heavy atom. The highest BCUT2D eigenvalue weighted by Crippen LogP contribution is 2.23. The highest BCUT2D eigenvalue weighted by atomic mass is 79.9. The molecule has 0 saturated carbocycles. The number of nitrogens with one attached hydrogen (secondary N) is 1. The Morgan fingerprint density at radius 3 is 2.72 bits per heavy atom. The number of amides is 1. The van der Waals surface area contributed by atoms with Crippen molar-refractivity contribution >= 4 is 27.5 Å². The Morgan fingerprint density at radius 2 is 2.06 bits per heavy atom. The third-order valence-corrected chi connectivity index (χ3v) is 3.92. The van der Waals surface area contributed by atoms with Crippen LogP contribution in [0.1, 0.15) is 24.8 Å². The summed E-state index contributed by atoms with van der Waals surface area (Å²) in [5.41, 5.74) is 2.18. The summed E-state index contributed by atoms with van der Waals surface area (Å²) in [6, 6.07) is 6.09. The first-order chi connectivity index (χ1) is 8.66. The minimum atomic E-state index is 0.196. The summed E-state index contributed by atoms with van der Waals surface area (Å²) in [5.74, 6) is 0.196. The van der Waals surface area contributed by atoms with E-state index in [1.165, 1.54) is 12.0 Å². The Labute approximate surface area is 117 Å². The topological polar surface area (TPSA) is 32.3 Å². The highest BCUT2D eigenvalue weighted by Gasteiger charge is 2.16. The van der Waals surface area contributed by atoms with Gasteiger partial charge in [-0.3, -0.25) is 4.79 Å². The van der Waals surface area contributed by atoms with E-state index in [1.807, 2.05) is 30.0 Å². The fourth-order valence-corrected chi connectivity index (χ4v) is 2.82. The van der Waals surface area contributed by atoms with Crippen LogP contribution in [0.4, 0.5) is 5.69 Å². The predicted octanol–water partition coefficient (Wildman–Crippen LogP) is 3.18. The number of anilines is 1. The second-order valence-electron chi connectivity index (χ2n) is 4.78. The average molecular weight is 311 g/mol. The fourth-order valence-electron chi connectivity index (χ4n) is 2.19. The molecule has 0 bridgehead atoms. The van der Waals surface area contributed by atoms with Gasteiger partial charge >= 0.3 is 0 Å². The molecule has 1 heterocycles. The maximum absolute atomic E-state index is 12.0. The summed E-state index contributed by atoms with van der Waals surface area (Å²) in [5, 5.41) is 3.20. The summed E-state index contributed by atoms with van der Waals surface area (Å²) in [6.45, 7) is 4.25. The van der Waals surface area contributed by atoms with Gasteiger partial charge in [0, 0.05) is 23.2 Å². The molecule has 0 aliphatic carbocycles. The summed E-state index contributed by atoms with van der Waals surface area (Å²) < 4.78 is 1.01. The van der Waals surface area contributed by atoms with Gasteiger partial charge in [-0.1, -0.05) is 6.07 Å². The van der Waals surface area contributed by atoms with Crippen molar-refractivity contribution in [3.63, 3.8) is 0 Å². The zero-order chi connectivity index (χ0) is 13.0. The van der Waals surface area contributed by atoms with Crippen LogP contribution in [0.3, 0.4) is 0 Å². The van der Waals surface area contributed by atoms with Crippen molar-refractivity contribution in [1.29, 1.82) is 0 Å². The van der Waals surface area contributed by atoms with Crippen molar-refractivity contribution < 1.29 is 4.79 Å². The molecule has 1 N–H and O–H groups in total. The lowest BCUT2D eigenvalue weighted by molar-refractivity contribution is -0.130. The van der Waals surface area contributed by atoms with Gasteiger partial charge in [0.2, 0.25) is 5.91 Å². The SMILES string of the molecule is Cc1ccc(NCC(=O)N2CCCCC2)c(Br)c1. The predicted molar refractivity (Wildman–Crippen MR) is 77.8 cm³/mol. The van der Waals surface area contributed by atoms with Gasteiger partial charge in [0.15, 0.2) is 0 Å². The van der Waals surface area contributed by atoms with Crippen molar-refractivity contribution in [3.8, 4) is 0 Å². The summed E-state index contributed by atoms with van der Waals surface area (Å²) in [7, 11) is 0. The zero-order valence-electron chi connectivity index (χ0n) is 10.7. The van der Waals surface area contributed by atoms with Gasteiger partial charge in [0.1, 0.15) is 0 Å². The number of halogens is 1. The normalized spacial score (nSPS) is 15.6. The molecule has 1 aliphatic rings. The number of hydrogen-bond acceptors (Lipinski definition) is 2. The van der Waals surface area contributed by atoms with Crippen LogP contribution in [0.15, 0.2) is 22.7 Å². The van der Waals surface area contributed by atoms with E-state index in [9.17, 15) is 4.79 Å². The largest absolute Gasteiger partial charge is 0.375 e. The molecule has 0 radical (unpaired) electrons. The lowest BCUT2D eigenvalue weighted by Gasteiger charge is -2.27. The smallest absolute Gasteiger partial charge is 0.241 e. The molecule has 0 unspecified atom stereocenters. The van der Waals surface area contributed by atoms with Crippen LogP contribution >= 0.6 is 15.9 Å². The van der Waals surface area contributed by atoms with E-state index in [0.29, 0.717) is 6.54 Å². The maximum atomic E-state index is 12.0. The first-order valence-corrected chi connectivity index (χ1v) is 7.24. The molecule has 98 valence electrons. The van der Waals surface area contributed by atoms with Crippen LogP contribution in [0.2, 0.25) is 0 Å². The average Bonchev–Trinajstić information content (AvgIpc) is 2.38. The van der Waals surface area contributed by atoms with Crippen LogP contribution in [0.25, 0.3) is 0 Å². The number of rotatable bonds is 3. The van der Waals surface area contributed by atoms with E-state index in [-0.39, 0.29) is 5.91 Å². The van der Waals surface area contributed by atoms with Gasteiger partial charge in [-0.05, 0) is 59.8 Å². The van der Waals surface area contributed by atoms with E-state index in [2.05, 4.69) is 21.2 Å². The standard InChI is InChI=1S/C14H19BrN2O/c1-11-5-6-13(12(15)9-11)16-10-14(18)17-7-3-2-4-8-17/h5-6,9,16H,2-4,7-8,10H2,1H3. The first kappa shape index (κ1) is 13.4. The van der Waals surface area contributed by atoms with Crippen molar-refractivity contribution in [2.75, 3.05) is 25.0 Å². The molecule has 4 heteroatoms. The van der Waals surface area contributed by atoms with Crippen LogP contribution in [-0.4, -0.2) is 30.4 Å². The van der Waals surface area contributed by atoms with Gasteiger partial charge < -0.3 is 10.2 Å². The maximum Gasteiger partial charge on any atom is 0.241 e. The van der Waals surface area contributed by atoms with Gasteiger partial charge in [0.05, 0.1) is 6.54 Å². The Kier molecular flexibility index (Phi) is 4.64. The third-order valence-electron chi connectivity index (χ3n) is 3.26. The van der Waals surface area contributed by atoms with Crippen LogP contribution < -0.4 is 5.32 Å². The Bertz CT molecular complexity index is 428. The summed E-state index contributed by atoms with van der Waals surface area (Å²) in [6.07, 6.45) is 3.53. The summed E-state index contributed by atoms with van der Waals surface area (Å²) in [4.78, 5) is 14.0. The molecule has 1 fully saturated rings. The number of aryl methyl sites for hydroxylation is 1. The quantitative estimate of drug-likeness (QED) is 0.930. The number of piperidine rings is 1. The fraction of sp³-hybridized carbons (Fsp3) is 0.500. The number of carbonyl (C=O) groups is 1. The molecule has 0 atom stereocenters. The van der Waals surface area contributed by atoms with Crippen LogP contribution in [-0.2, 0) is 4.79 Å². The van der Waals surface area contributed by atoms with Gasteiger partial charge in [-0.15, -0.1) is 0 Å².